The number of nitro benzene ring substituents is 1. The molecule has 0 aliphatic carbocycles. The van der Waals surface area contributed by atoms with Gasteiger partial charge in [0, 0.05) is 23.9 Å². The number of nitrogens with one attached hydrogen (secondary N) is 1. The molecule has 0 saturated carbocycles. The lowest BCUT2D eigenvalue weighted by Gasteiger charge is -2.09. The van der Waals surface area contributed by atoms with Gasteiger partial charge >= 0.3 is 0 Å². The first-order valence-corrected chi connectivity index (χ1v) is 6.52. The first-order valence-electron chi connectivity index (χ1n) is 6.52. The van der Waals surface area contributed by atoms with Crippen molar-refractivity contribution in [2.24, 2.45) is 0 Å². The van der Waals surface area contributed by atoms with E-state index in [1.165, 1.54) is 11.1 Å². The Balaban J connectivity index is 2.12. The number of hydrogen-bond acceptors (Lipinski definition) is 3. The van der Waals surface area contributed by atoms with E-state index < -0.39 is 0 Å². The molecule has 2 rings (SSSR count). The van der Waals surface area contributed by atoms with Gasteiger partial charge in [-0.15, -0.1) is 0 Å². The van der Waals surface area contributed by atoms with Crippen molar-refractivity contribution >= 4 is 11.4 Å². The number of rotatable bonds is 4. The van der Waals surface area contributed by atoms with Gasteiger partial charge in [0.25, 0.3) is 5.69 Å². The number of nitro groups is 1. The van der Waals surface area contributed by atoms with Crippen LogP contribution in [0.15, 0.2) is 36.4 Å². The molecular formula is C16H18N2O2. The minimum Gasteiger partial charge on any atom is -0.381 e. The van der Waals surface area contributed by atoms with Gasteiger partial charge in [0.2, 0.25) is 0 Å². The summed E-state index contributed by atoms with van der Waals surface area (Å²) in [4.78, 5) is 10.6. The highest BCUT2D eigenvalue weighted by atomic mass is 16.6. The summed E-state index contributed by atoms with van der Waals surface area (Å²) in [6.07, 6.45) is 0. The summed E-state index contributed by atoms with van der Waals surface area (Å²) in [5, 5.41) is 14.2. The van der Waals surface area contributed by atoms with Gasteiger partial charge in [0.1, 0.15) is 0 Å². The summed E-state index contributed by atoms with van der Waals surface area (Å²) < 4.78 is 0. The van der Waals surface area contributed by atoms with Crippen LogP contribution in [-0.2, 0) is 6.54 Å². The summed E-state index contributed by atoms with van der Waals surface area (Å²) in [6, 6.07) is 11.5. The van der Waals surface area contributed by atoms with Crippen LogP contribution in [0.2, 0.25) is 0 Å². The topological polar surface area (TPSA) is 55.2 Å². The van der Waals surface area contributed by atoms with Crippen LogP contribution in [-0.4, -0.2) is 4.92 Å². The third-order valence-corrected chi connectivity index (χ3v) is 3.47. The average molecular weight is 270 g/mol. The molecule has 0 fully saturated rings. The normalized spacial score (nSPS) is 10.3. The molecule has 0 atom stereocenters. The van der Waals surface area contributed by atoms with E-state index in [4.69, 9.17) is 0 Å². The highest BCUT2D eigenvalue weighted by molar-refractivity contribution is 5.49. The lowest BCUT2D eigenvalue weighted by atomic mass is 10.1. The third kappa shape index (κ3) is 3.15. The molecule has 0 aliphatic heterocycles. The number of aryl methyl sites for hydroxylation is 3. The van der Waals surface area contributed by atoms with Gasteiger partial charge in [-0.25, -0.2) is 0 Å². The highest BCUT2D eigenvalue weighted by Gasteiger charge is 2.10. The van der Waals surface area contributed by atoms with Crippen LogP contribution in [0.25, 0.3) is 0 Å². The van der Waals surface area contributed by atoms with Gasteiger partial charge in [-0.2, -0.15) is 0 Å². The summed E-state index contributed by atoms with van der Waals surface area (Å²) in [5.74, 6) is 0. The summed E-state index contributed by atoms with van der Waals surface area (Å²) in [7, 11) is 0. The zero-order valence-electron chi connectivity index (χ0n) is 11.9. The van der Waals surface area contributed by atoms with Gasteiger partial charge in [-0.1, -0.05) is 18.2 Å². The fraction of sp³-hybridized carbons (Fsp3) is 0.250. The molecule has 20 heavy (non-hydrogen) atoms. The largest absolute Gasteiger partial charge is 0.381 e. The maximum atomic E-state index is 10.9. The molecule has 0 radical (unpaired) electrons. The number of anilines is 1. The molecule has 0 amide bonds. The lowest BCUT2D eigenvalue weighted by Crippen LogP contribution is -2.01. The van der Waals surface area contributed by atoms with Crippen molar-refractivity contribution in [1.29, 1.82) is 0 Å². The SMILES string of the molecule is Cc1ccc(NCc2ccc(C)c([N+](=O)[O-])c2)cc1C. The lowest BCUT2D eigenvalue weighted by molar-refractivity contribution is -0.385. The van der Waals surface area contributed by atoms with E-state index >= 15 is 0 Å². The van der Waals surface area contributed by atoms with E-state index in [2.05, 4.69) is 31.3 Å². The molecule has 0 saturated heterocycles. The Morgan fingerprint density at radius 1 is 1.00 bits per heavy atom. The van der Waals surface area contributed by atoms with E-state index in [-0.39, 0.29) is 10.6 Å². The molecule has 4 heteroatoms. The molecule has 0 bridgehead atoms. The minimum atomic E-state index is -0.338. The van der Waals surface area contributed by atoms with Crippen molar-refractivity contribution in [3.63, 3.8) is 0 Å². The van der Waals surface area contributed by atoms with Gasteiger partial charge in [0.15, 0.2) is 0 Å². The highest BCUT2D eigenvalue weighted by Crippen LogP contribution is 2.20. The van der Waals surface area contributed by atoms with Gasteiger partial charge in [0.05, 0.1) is 4.92 Å². The maximum absolute atomic E-state index is 10.9. The molecule has 0 heterocycles. The van der Waals surface area contributed by atoms with E-state index in [1.54, 1.807) is 19.1 Å². The molecule has 0 unspecified atom stereocenters. The van der Waals surface area contributed by atoms with Crippen LogP contribution in [0.5, 0.6) is 0 Å². The smallest absolute Gasteiger partial charge is 0.272 e. The van der Waals surface area contributed by atoms with E-state index in [0.29, 0.717) is 12.1 Å². The van der Waals surface area contributed by atoms with Crippen LogP contribution in [0, 0.1) is 30.9 Å². The fourth-order valence-electron chi connectivity index (χ4n) is 2.02. The molecule has 0 aromatic heterocycles. The Morgan fingerprint density at radius 3 is 2.35 bits per heavy atom. The van der Waals surface area contributed by atoms with Gasteiger partial charge < -0.3 is 5.32 Å². The summed E-state index contributed by atoms with van der Waals surface area (Å²) >= 11 is 0. The molecule has 0 spiro atoms. The predicted octanol–water partition coefficient (Wildman–Crippen LogP) is 4.13. The van der Waals surface area contributed by atoms with E-state index in [9.17, 15) is 10.1 Å². The van der Waals surface area contributed by atoms with Crippen molar-refractivity contribution in [3.8, 4) is 0 Å². The first-order chi connectivity index (χ1) is 9.47. The Labute approximate surface area is 118 Å². The zero-order valence-corrected chi connectivity index (χ0v) is 11.9. The van der Waals surface area contributed by atoms with Crippen LogP contribution >= 0.6 is 0 Å². The number of hydrogen-bond donors (Lipinski definition) is 1. The van der Waals surface area contributed by atoms with E-state index in [0.717, 1.165) is 11.3 Å². The van der Waals surface area contributed by atoms with Gasteiger partial charge in [-0.05, 0) is 49.6 Å². The molecule has 4 nitrogen and oxygen atoms in total. The first kappa shape index (κ1) is 14.1. The minimum absolute atomic E-state index is 0.171. The fourth-order valence-corrected chi connectivity index (χ4v) is 2.02. The Kier molecular flexibility index (Phi) is 4.03. The summed E-state index contributed by atoms with van der Waals surface area (Å²) in [6.45, 7) is 6.46. The third-order valence-electron chi connectivity index (χ3n) is 3.47. The Bertz CT molecular complexity index is 651. The Hall–Kier alpha value is -2.36. The monoisotopic (exact) mass is 270 g/mol. The van der Waals surface area contributed by atoms with Crippen molar-refractivity contribution < 1.29 is 4.92 Å². The van der Waals surface area contributed by atoms with Crippen LogP contribution < -0.4 is 5.32 Å². The van der Waals surface area contributed by atoms with Gasteiger partial charge in [-0.3, -0.25) is 10.1 Å². The predicted molar refractivity (Wildman–Crippen MR) is 81.1 cm³/mol. The molecular weight excluding hydrogens is 252 g/mol. The number of nitrogens with zero attached hydrogens (tertiary/aromatic N) is 1. The van der Waals surface area contributed by atoms with Crippen molar-refractivity contribution in [1.82, 2.24) is 0 Å². The van der Waals surface area contributed by atoms with Crippen LogP contribution in [0.4, 0.5) is 11.4 Å². The molecule has 2 aromatic carbocycles. The quantitative estimate of drug-likeness (QED) is 0.671. The Morgan fingerprint density at radius 2 is 1.70 bits per heavy atom. The standard InChI is InChI=1S/C16H18N2O2/c1-11-5-7-15(8-13(11)3)17-10-14-6-4-12(2)16(9-14)18(19)20/h4-9,17H,10H2,1-3H3. The second kappa shape index (κ2) is 5.74. The second-order valence-electron chi connectivity index (χ2n) is 5.03. The second-order valence-corrected chi connectivity index (χ2v) is 5.03. The van der Waals surface area contributed by atoms with E-state index in [1.807, 2.05) is 12.1 Å². The molecule has 0 aliphatic rings. The van der Waals surface area contributed by atoms with Crippen LogP contribution in [0.1, 0.15) is 22.3 Å². The average Bonchev–Trinajstić information content (AvgIpc) is 2.41. The molecule has 1 N–H and O–H groups in total. The zero-order chi connectivity index (χ0) is 14.7. The summed E-state index contributed by atoms with van der Waals surface area (Å²) in [5.41, 5.74) is 5.26. The maximum Gasteiger partial charge on any atom is 0.272 e. The molecule has 104 valence electrons. The van der Waals surface area contributed by atoms with Crippen molar-refractivity contribution in [2.45, 2.75) is 27.3 Å². The van der Waals surface area contributed by atoms with Crippen LogP contribution in [0.3, 0.4) is 0 Å². The van der Waals surface area contributed by atoms with Crippen molar-refractivity contribution in [3.05, 3.63) is 68.8 Å². The number of benzene rings is 2. The molecule has 2 aromatic rings. The van der Waals surface area contributed by atoms with Crippen molar-refractivity contribution in [2.75, 3.05) is 5.32 Å².